The Morgan fingerprint density at radius 1 is 0.978 bits per heavy atom. The predicted molar refractivity (Wildman–Crippen MR) is 149 cm³/mol. The van der Waals surface area contributed by atoms with Crippen LogP contribution in [-0.2, 0) is 40.3 Å². The number of anilines is 1. The molecule has 0 bridgehead atoms. The van der Waals surface area contributed by atoms with Gasteiger partial charge in [0.25, 0.3) is 10.0 Å². The number of alkyl halides is 4. The molecule has 2 aromatic heterocycles. The average Bonchev–Trinajstić information content (AvgIpc) is 3.50. The molecule has 0 amide bonds. The number of ether oxygens (including phenoxy) is 2. The maximum atomic E-state index is 14.1. The van der Waals surface area contributed by atoms with Crippen LogP contribution >= 0.6 is 0 Å². The molecule has 0 saturated carbocycles. The van der Waals surface area contributed by atoms with Crippen LogP contribution in [0.3, 0.4) is 0 Å². The van der Waals surface area contributed by atoms with E-state index in [4.69, 9.17) is 13.7 Å². The topological polar surface area (TPSA) is 152 Å². The molecular weight excluding hydrogens is 650 g/mol. The molecule has 4 rings (SSSR count). The standard InChI is InChI=1S/C26H31F4N5O8S2/c1-14-21(11-33(31-14)24(27)28)44(37,38)35-16(3)20(13-41-45(39,40)22-12-34(25(29)30)32-15(22)2)42-19-8-7-17(9-18(19)35)10-23(36)43-26(4,5)6/h7-9,11-12,16,20,24-25H,10,13H2,1-6H3/t16-,20+/m1/s1. The average molecular weight is 682 g/mol. The van der Waals surface area contributed by atoms with Gasteiger partial charge in [0.15, 0.2) is 0 Å². The lowest BCUT2D eigenvalue weighted by Gasteiger charge is -2.40. The Balaban J connectivity index is 1.73. The summed E-state index contributed by atoms with van der Waals surface area (Å²) in [6.45, 7) is 1.81. The number of hydrogen-bond acceptors (Lipinski definition) is 10. The molecule has 3 aromatic rings. The van der Waals surface area contributed by atoms with E-state index in [0.29, 0.717) is 18.0 Å². The fourth-order valence-electron chi connectivity index (χ4n) is 4.60. The van der Waals surface area contributed by atoms with E-state index in [1.165, 1.54) is 39.0 Å². The van der Waals surface area contributed by atoms with Crippen molar-refractivity contribution in [3.63, 3.8) is 0 Å². The second-order valence-corrected chi connectivity index (χ2v) is 14.5. The maximum Gasteiger partial charge on any atom is 0.333 e. The molecule has 0 spiro atoms. The number of nitrogens with zero attached hydrogens (tertiary/aromatic N) is 5. The van der Waals surface area contributed by atoms with Crippen LogP contribution in [0.5, 0.6) is 5.75 Å². The van der Waals surface area contributed by atoms with Crippen LogP contribution in [0, 0.1) is 13.8 Å². The van der Waals surface area contributed by atoms with Crippen LogP contribution in [-0.4, -0.2) is 66.7 Å². The van der Waals surface area contributed by atoms with Crippen LogP contribution in [0.1, 0.15) is 57.7 Å². The highest BCUT2D eigenvalue weighted by Gasteiger charge is 2.43. The van der Waals surface area contributed by atoms with E-state index in [-0.39, 0.29) is 38.6 Å². The number of aryl methyl sites for hydroxylation is 2. The fourth-order valence-corrected chi connectivity index (χ4v) is 7.52. The maximum absolute atomic E-state index is 14.1. The van der Waals surface area contributed by atoms with E-state index >= 15 is 0 Å². The highest BCUT2D eigenvalue weighted by Crippen LogP contribution is 2.41. The number of benzene rings is 1. The van der Waals surface area contributed by atoms with Gasteiger partial charge in [-0.2, -0.15) is 36.2 Å². The first-order valence-electron chi connectivity index (χ1n) is 13.3. The molecule has 1 aliphatic heterocycles. The zero-order chi connectivity index (χ0) is 33.6. The van der Waals surface area contributed by atoms with Crippen molar-refractivity contribution >= 4 is 31.8 Å². The van der Waals surface area contributed by atoms with E-state index in [0.717, 1.165) is 4.31 Å². The molecule has 1 aliphatic rings. The number of sulfonamides is 1. The van der Waals surface area contributed by atoms with E-state index in [9.17, 15) is 39.2 Å². The van der Waals surface area contributed by atoms with Crippen molar-refractivity contribution in [3.05, 3.63) is 47.5 Å². The third kappa shape index (κ3) is 7.25. The summed E-state index contributed by atoms with van der Waals surface area (Å²) in [5, 5.41) is 7.05. The third-order valence-electron chi connectivity index (χ3n) is 6.55. The Hall–Kier alpha value is -3.71. The number of carbonyl (C=O) groups is 1. The van der Waals surface area contributed by atoms with Crippen LogP contribution in [0.15, 0.2) is 40.4 Å². The molecule has 19 heteroatoms. The van der Waals surface area contributed by atoms with Crippen molar-refractivity contribution < 1.29 is 52.8 Å². The van der Waals surface area contributed by atoms with Crippen molar-refractivity contribution in [2.45, 2.75) is 88.6 Å². The quantitative estimate of drug-likeness (QED) is 0.174. The molecule has 0 unspecified atom stereocenters. The van der Waals surface area contributed by atoms with Crippen LogP contribution in [0.4, 0.5) is 23.2 Å². The molecular formula is C26H31F4N5O8S2. The Morgan fingerprint density at radius 3 is 2.07 bits per heavy atom. The highest BCUT2D eigenvalue weighted by molar-refractivity contribution is 7.93. The van der Waals surface area contributed by atoms with E-state index in [1.807, 2.05) is 0 Å². The van der Waals surface area contributed by atoms with E-state index in [1.54, 1.807) is 20.8 Å². The minimum Gasteiger partial charge on any atom is -0.484 e. The number of esters is 1. The molecule has 0 aliphatic carbocycles. The van der Waals surface area contributed by atoms with E-state index < -0.39 is 73.4 Å². The summed E-state index contributed by atoms with van der Waals surface area (Å²) in [6.07, 6.45) is -0.288. The van der Waals surface area contributed by atoms with Gasteiger partial charge in [-0.3, -0.25) is 13.3 Å². The van der Waals surface area contributed by atoms with E-state index in [2.05, 4.69) is 10.2 Å². The van der Waals surface area contributed by atoms with Crippen molar-refractivity contribution in [1.82, 2.24) is 19.6 Å². The number of halogens is 4. The summed E-state index contributed by atoms with van der Waals surface area (Å²) in [7, 11) is -9.34. The van der Waals surface area contributed by atoms with Gasteiger partial charge in [0.2, 0.25) is 0 Å². The molecule has 0 fully saturated rings. The Labute approximate surface area is 256 Å². The number of carbonyl (C=O) groups excluding carboxylic acids is 1. The molecule has 0 saturated heterocycles. The zero-order valence-electron chi connectivity index (χ0n) is 24.9. The third-order valence-corrected chi connectivity index (χ3v) is 9.94. The summed E-state index contributed by atoms with van der Waals surface area (Å²) in [4.78, 5) is 11.3. The molecule has 248 valence electrons. The first-order chi connectivity index (χ1) is 20.7. The monoisotopic (exact) mass is 681 g/mol. The number of rotatable bonds is 10. The van der Waals surface area contributed by atoms with Gasteiger partial charge in [-0.25, -0.2) is 17.8 Å². The van der Waals surface area contributed by atoms with Gasteiger partial charge in [-0.1, -0.05) is 6.07 Å². The molecule has 0 N–H and O–H groups in total. The van der Waals surface area contributed by atoms with Gasteiger partial charge >= 0.3 is 29.2 Å². The first-order valence-corrected chi connectivity index (χ1v) is 16.2. The molecule has 3 heterocycles. The van der Waals surface area contributed by atoms with Crippen molar-refractivity contribution in [2.75, 3.05) is 10.9 Å². The summed E-state index contributed by atoms with van der Waals surface area (Å²) in [6, 6.07) is 2.96. The zero-order valence-corrected chi connectivity index (χ0v) is 26.6. The number of fused-ring (bicyclic) bond motifs is 1. The molecule has 13 nitrogen and oxygen atoms in total. The van der Waals surface area contributed by atoms with Gasteiger partial charge in [0.1, 0.15) is 33.9 Å². The Bertz CT molecular complexity index is 1800. The van der Waals surface area contributed by atoms with Gasteiger partial charge in [0, 0.05) is 0 Å². The fraction of sp³-hybridized carbons (Fsp3) is 0.500. The predicted octanol–water partition coefficient (Wildman–Crippen LogP) is 4.12. The highest BCUT2D eigenvalue weighted by atomic mass is 32.2. The second kappa shape index (κ2) is 12.2. The summed E-state index contributed by atoms with van der Waals surface area (Å²) in [5.74, 6) is -0.658. The second-order valence-electron chi connectivity index (χ2n) is 11.2. The van der Waals surface area contributed by atoms with Crippen molar-refractivity contribution in [1.29, 1.82) is 0 Å². The lowest BCUT2D eigenvalue weighted by Crippen LogP contribution is -2.52. The minimum atomic E-state index is -4.67. The van der Waals surface area contributed by atoms with Crippen molar-refractivity contribution in [2.24, 2.45) is 0 Å². The Kier molecular flexibility index (Phi) is 9.29. The largest absolute Gasteiger partial charge is 0.484 e. The number of hydrogen-bond donors (Lipinski definition) is 0. The summed E-state index contributed by atoms with van der Waals surface area (Å²) >= 11 is 0. The molecule has 1 aromatic carbocycles. The first kappa shape index (κ1) is 34.2. The van der Waals surface area contributed by atoms with Gasteiger partial charge < -0.3 is 9.47 Å². The van der Waals surface area contributed by atoms with Gasteiger partial charge in [-0.15, -0.1) is 0 Å². The Morgan fingerprint density at radius 2 is 1.53 bits per heavy atom. The van der Waals surface area contributed by atoms with Gasteiger partial charge in [0.05, 0.1) is 41.9 Å². The SMILES string of the molecule is Cc1nn(C(F)F)cc1S(=O)(=O)OC[C@@H]1Oc2ccc(CC(=O)OC(C)(C)C)cc2N(S(=O)(=O)c2cn(C(F)F)nc2C)[C@@H]1C. The van der Waals surface area contributed by atoms with Crippen LogP contribution in [0.25, 0.3) is 0 Å². The van der Waals surface area contributed by atoms with Crippen LogP contribution < -0.4 is 9.04 Å². The van der Waals surface area contributed by atoms with Crippen molar-refractivity contribution in [3.8, 4) is 5.75 Å². The summed E-state index contributed by atoms with van der Waals surface area (Å²) in [5.41, 5.74) is -1.01. The van der Waals surface area contributed by atoms with Crippen LogP contribution in [0.2, 0.25) is 0 Å². The molecule has 2 atom stereocenters. The smallest absolute Gasteiger partial charge is 0.333 e. The normalized spacial score (nSPS) is 17.5. The minimum absolute atomic E-state index is 0.0591. The van der Waals surface area contributed by atoms with Gasteiger partial charge in [-0.05, 0) is 59.2 Å². The summed E-state index contributed by atoms with van der Waals surface area (Å²) < 4.78 is 124. The lowest BCUT2D eigenvalue weighted by atomic mass is 10.1. The lowest BCUT2D eigenvalue weighted by molar-refractivity contribution is -0.153. The molecule has 0 radical (unpaired) electrons. The number of aromatic nitrogens is 4. The molecule has 45 heavy (non-hydrogen) atoms.